The van der Waals surface area contributed by atoms with Crippen molar-refractivity contribution >= 4 is 11.9 Å². The van der Waals surface area contributed by atoms with Gasteiger partial charge in [-0.1, -0.05) is 6.07 Å². The number of carbonyl (C=O) groups excluding carboxylic acids is 2. The number of hydrogen-bond donors (Lipinski definition) is 2. The normalized spacial score (nSPS) is 9.72. The summed E-state index contributed by atoms with van der Waals surface area (Å²) in [4.78, 5) is 22.4. The molecule has 1 aromatic rings. The molecule has 0 heterocycles. The lowest BCUT2D eigenvalue weighted by Gasteiger charge is -2.08. The molecule has 0 bridgehead atoms. The molecule has 0 saturated carbocycles. The first-order valence-electron chi connectivity index (χ1n) is 5.80. The van der Waals surface area contributed by atoms with Gasteiger partial charge in [0.25, 0.3) is 5.91 Å². The Morgan fingerprint density at radius 2 is 1.94 bits per heavy atom. The average Bonchev–Trinajstić information content (AvgIpc) is 2.31. The minimum absolute atomic E-state index is 0.181. The Morgan fingerprint density at radius 1 is 1.22 bits per heavy atom. The lowest BCUT2D eigenvalue weighted by molar-refractivity contribution is -0.122. The maximum absolute atomic E-state index is 11.4. The van der Waals surface area contributed by atoms with Gasteiger partial charge in [-0.15, -0.1) is 0 Å². The van der Waals surface area contributed by atoms with Gasteiger partial charge >= 0.3 is 6.03 Å². The highest BCUT2D eigenvalue weighted by atomic mass is 16.5. The van der Waals surface area contributed by atoms with Gasteiger partial charge in [0.1, 0.15) is 5.75 Å². The van der Waals surface area contributed by atoms with Crippen molar-refractivity contribution in [3.8, 4) is 5.75 Å². The molecule has 3 amide bonds. The van der Waals surface area contributed by atoms with Gasteiger partial charge in [0.05, 0.1) is 0 Å². The summed E-state index contributed by atoms with van der Waals surface area (Å²) in [6.45, 7) is 6.03. The molecule has 0 spiro atoms. The number of hydrogen-bond acceptors (Lipinski definition) is 3. The Hall–Kier alpha value is -2.04. The summed E-state index contributed by atoms with van der Waals surface area (Å²) in [6, 6.07) is 5.06. The molecule has 0 radical (unpaired) electrons. The standard InChI is InChI=1S/C13H18N2O3/c1-4-14-13(17)15-12(16)8-18-11-6-5-9(2)10(3)7-11/h5-7H,4,8H2,1-3H3,(H2,14,15,16,17). The molecule has 0 unspecified atom stereocenters. The topological polar surface area (TPSA) is 67.4 Å². The van der Waals surface area contributed by atoms with Crippen molar-refractivity contribution in [2.24, 2.45) is 0 Å². The van der Waals surface area contributed by atoms with Gasteiger partial charge in [-0.3, -0.25) is 10.1 Å². The van der Waals surface area contributed by atoms with Crippen molar-refractivity contribution in [2.45, 2.75) is 20.8 Å². The van der Waals surface area contributed by atoms with Crippen LogP contribution in [0.5, 0.6) is 5.75 Å². The van der Waals surface area contributed by atoms with Crippen LogP contribution in [0, 0.1) is 13.8 Å². The van der Waals surface area contributed by atoms with Gasteiger partial charge in [0, 0.05) is 6.54 Å². The van der Waals surface area contributed by atoms with Crippen molar-refractivity contribution in [3.05, 3.63) is 29.3 Å². The maximum atomic E-state index is 11.4. The van der Waals surface area contributed by atoms with E-state index in [4.69, 9.17) is 4.74 Å². The molecule has 0 aliphatic heterocycles. The van der Waals surface area contributed by atoms with Gasteiger partial charge in [-0.25, -0.2) is 4.79 Å². The second kappa shape index (κ2) is 6.64. The van der Waals surface area contributed by atoms with E-state index in [9.17, 15) is 9.59 Å². The Bertz CT molecular complexity index is 444. The first kappa shape index (κ1) is 14.0. The number of amides is 3. The van der Waals surface area contributed by atoms with E-state index in [0.717, 1.165) is 11.1 Å². The number of urea groups is 1. The molecule has 0 aliphatic carbocycles. The van der Waals surface area contributed by atoms with Crippen LogP contribution in [0.1, 0.15) is 18.1 Å². The summed E-state index contributed by atoms with van der Waals surface area (Å²) >= 11 is 0. The van der Waals surface area contributed by atoms with Crippen LogP contribution < -0.4 is 15.4 Å². The Kier molecular flexibility index (Phi) is 5.17. The number of benzene rings is 1. The molecule has 2 N–H and O–H groups in total. The number of aryl methyl sites for hydroxylation is 2. The van der Waals surface area contributed by atoms with Crippen molar-refractivity contribution in [1.82, 2.24) is 10.6 Å². The highest BCUT2D eigenvalue weighted by molar-refractivity contribution is 5.94. The molecule has 5 nitrogen and oxygen atoms in total. The van der Waals surface area contributed by atoms with E-state index in [1.165, 1.54) is 0 Å². The summed E-state index contributed by atoms with van der Waals surface area (Å²) in [5.41, 5.74) is 2.26. The predicted octanol–water partition coefficient (Wildman–Crippen LogP) is 1.53. The van der Waals surface area contributed by atoms with E-state index in [2.05, 4.69) is 10.6 Å². The Balaban J connectivity index is 2.42. The van der Waals surface area contributed by atoms with Crippen molar-refractivity contribution in [1.29, 1.82) is 0 Å². The SMILES string of the molecule is CCNC(=O)NC(=O)COc1ccc(C)c(C)c1. The van der Waals surface area contributed by atoms with E-state index >= 15 is 0 Å². The number of ether oxygens (including phenoxy) is 1. The van der Waals surface area contributed by atoms with Gasteiger partial charge in [-0.05, 0) is 44.0 Å². The highest BCUT2D eigenvalue weighted by Crippen LogP contribution is 2.16. The fraction of sp³-hybridized carbons (Fsp3) is 0.385. The van der Waals surface area contributed by atoms with Gasteiger partial charge < -0.3 is 10.1 Å². The molecule has 5 heteroatoms. The fourth-order valence-electron chi connectivity index (χ4n) is 1.32. The maximum Gasteiger partial charge on any atom is 0.321 e. The fourth-order valence-corrected chi connectivity index (χ4v) is 1.32. The third-order valence-corrected chi connectivity index (χ3v) is 2.44. The van der Waals surface area contributed by atoms with Crippen molar-refractivity contribution in [3.63, 3.8) is 0 Å². The second-order valence-electron chi connectivity index (χ2n) is 3.94. The molecular weight excluding hydrogens is 232 g/mol. The van der Waals surface area contributed by atoms with Crippen LogP contribution in [0.4, 0.5) is 4.79 Å². The van der Waals surface area contributed by atoms with Crippen LogP contribution in [0.15, 0.2) is 18.2 Å². The highest BCUT2D eigenvalue weighted by Gasteiger charge is 2.07. The zero-order valence-corrected chi connectivity index (χ0v) is 10.9. The van der Waals surface area contributed by atoms with E-state index in [0.29, 0.717) is 12.3 Å². The Morgan fingerprint density at radius 3 is 2.56 bits per heavy atom. The summed E-state index contributed by atoms with van der Waals surface area (Å²) in [6.07, 6.45) is 0. The largest absolute Gasteiger partial charge is 0.484 e. The Labute approximate surface area is 107 Å². The first-order valence-corrected chi connectivity index (χ1v) is 5.80. The average molecular weight is 250 g/mol. The molecule has 98 valence electrons. The molecule has 1 rings (SSSR count). The quantitative estimate of drug-likeness (QED) is 0.851. The van der Waals surface area contributed by atoms with Gasteiger partial charge in [-0.2, -0.15) is 0 Å². The molecule has 1 aromatic carbocycles. The molecule has 0 fully saturated rings. The minimum Gasteiger partial charge on any atom is -0.484 e. The summed E-state index contributed by atoms with van der Waals surface area (Å²) < 4.78 is 5.29. The lowest BCUT2D eigenvalue weighted by atomic mass is 10.1. The molecule has 0 atom stereocenters. The van der Waals surface area contributed by atoms with Crippen molar-refractivity contribution < 1.29 is 14.3 Å². The number of carbonyl (C=O) groups is 2. The monoisotopic (exact) mass is 250 g/mol. The third-order valence-electron chi connectivity index (χ3n) is 2.44. The molecule has 18 heavy (non-hydrogen) atoms. The van der Waals surface area contributed by atoms with E-state index in [1.807, 2.05) is 26.0 Å². The predicted molar refractivity (Wildman–Crippen MR) is 68.6 cm³/mol. The second-order valence-corrected chi connectivity index (χ2v) is 3.94. The van der Waals surface area contributed by atoms with E-state index < -0.39 is 11.9 Å². The molecular formula is C13H18N2O3. The summed E-state index contributed by atoms with van der Waals surface area (Å²) in [5, 5.41) is 4.63. The zero-order chi connectivity index (χ0) is 13.5. The molecule has 0 aromatic heterocycles. The molecule has 0 saturated heterocycles. The molecule has 0 aliphatic rings. The van der Waals surface area contributed by atoms with Crippen LogP contribution in [0.3, 0.4) is 0 Å². The minimum atomic E-state index is -0.508. The van der Waals surface area contributed by atoms with Gasteiger partial charge in [0.15, 0.2) is 6.61 Å². The van der Waals surface area contributed by atoms with Crippen molar-refractivity contribution in [2.75, 3.05) is 13.2 Å². The number of imide groups is 1. The third kappa shape index (κ3) is 4.45. The lowest BCUT2D eigenvalue weighted by Crippen LogP contribution is -2.41. The van der Waals surface area contributed by atoms with E-state index in [-0.39, 0.29) is 6.61 Å². The number of nitrogens with one attached hydrogen (secondary N) is 2. The van der Waals surface area contributed by atoms with Crippen LogP contribution >= 0.6 is 0 Å². The zero-order valence-electron chi connectivity index (χ0n) is 10.9. The van der Waals surface area contributed by atoms with Crippen LogP contribution in [-0.2, 0) is 4.79 Å². The van der Waals surface area contributed by atoms with E-state index in [1.54, 1.807) is 13.0 Å². The number of rotatable bonds is 4. The van der Waals surface area contributed by atoms with Crippen LogP contribution in [0.25, 0.3) is 0 Å². The smallest absolute Gasteiger partial charge is 0.321 e. The van der Waals surface area contributed by atoms with Crippen LogP contribution in [-0.4, -0.2) is 25.1 Å². The summed E-state index contributed by atoms with van der Waals surface area (Å²) in [7, 11) is 0. The van der Waals surface area contributed by atoms with Crippen LogP contribution in [0.2, 0.25) is 0 Å². The van der Waals surface area contributed by atoms with Gasteiger partial charge in [0.2, 0.25) is 0 Å². The first-order chi connectivity index (χ1) is 8.52. The summed E-state index contributed by atoms with van der Waals surface area (Å²) in [5.74, 6) is 0.142.